The Kier molecular flexibility index (Phi) is 6.52. The van der Waals surface area contributed by atoms with Gasteiger partial charge in [0.2, 0.25) is 5.75 Å². The lowest BCUT2D eigenvalue weighted by Crippen LogP contribution is -2.60. The molecule has 1 fully saturated rings. The molecule has 2 aliphatic rings. The quantitative estimate of drug-likeness (QED) is 0.366. The van der Waals surface area contributed by atoms with Crippen molar-refractivity contribution in [3.8, 4) is 5.75 Å². The molecule has 2 aliphatic heterocycles. The molecular formula is C17H20ClF3N4O5S. The number of piperidine rings is 1. The summed E-state index contributed by atoms with van der Waals surface area (Å²) in [6.07, 6.45) is -3.68. The fraction of sp³-hybridized carbons (Fsp3) is 0.588. The fourth-order valence-electron chi connectivity index (χ4n) is 3.41. The smallest absolute Gasteiger partial charge is 0.408 e. The topological polar surface area (TPSA) is 116 Å². The molecule has 1 saturated heterocycles. The van der Waals surface area contributed by atoms with Gasteiger partial charge in [-0.1, -0.05) is 11.6 Å². The molecule has 1 aromatic rings. The predicted octanol–water partition coefficient (Wildman–Crippen LogP) is 0.924. The van der Waals surface area contributed by atoms with E-state index < -0.39 is 40.9 Å². The highest BCUT2D eigenvalue weighted by molar-refractivity contribution is 7.89. The molecular weight excluding hydrogens is 465 g/mol. The highest BCUT2D eigenvalue weighted by Crippen LogP contribution is 2.40. The number of nitrogens with zero attached hydrogens (tertiary/aromatic N) is 2. The van der Waals surface area contributed by atoms with E-state index in [0.29, 0.717) is 6.29 Å². The summed E-state index contributed by atoms with van der Waals surface area (Å²) in [5.74, 6) is -2.30. The first kappa shape index (κ1) is 23.7. The van der Waals surface area contributed by atoms with Gasteiger partial charge in [-0.3, -0.25) is 14.4 Å². The van der Waals surface area contributed by atoms with Gasteiger partial charge in [0, 0.05) is 20.1 Å². The van der Waals surface area contributed by atoms with Crippen LogP contribution in [0.25, 0.3) is 0 Å². The first-order valence-electron chi connectivity index (χ1n) is 9.22. The molecule has 0 bridgehead atoms. The third kappa shape index (κ3) is 4.49. The number of fused-ring (bicyclic) bond motifs is 1. The van der Waals surface area contributed by atoms with Crippen molar-refractivity contribution < 1.29 is 36.8 Å². The van der Waals surface area contributed by atoms with E-state index in [9.17, 15) is 32.1 Å². The van der Waals surface area contributed by atoms with Crippen LogP contribution in [0.1, 0.15) is 30.3 Å². The number of likely N-dealkylation sites (tertiary alicyclic amines) is 1. The number of carbonyl (C=O) groups excluding carboxylic acids is 3. The molecule has 0 aromatic carbocycles. The van der Waals surface area contributed by atoms with Crippen LogP contribution in [-0.4, -0.2) is 69.6 Å². The van der Waals surface area contributed by atoms with Gasteiger partial charge < -0.3 is 24.1 Å². The number of nitrogens with one attached hydrogen (secondary N) is 2. The van der Waals surface area contributed by atoms with Gasteiger partial charge in [-0.2, -0.15) is 13.2 Å². The third-order valence-corrected chi connectivity index (χ3v) is 7.34. The summed E-state index contributed by atoms with van der Waals surface area (Å²) in [6.45, 7) is 0.833. The van der Waals surface area contributed by atoms with Crippen LogP contribution in [0.2, 0.25) is 5.15 Å². The summed E-state index contributed by atoms with van der Waals surface area (Å²) in [5, 5.41) is 1.73. The van der Waals surface area contributed by atoms with Gasteiger partial charge in [0.25, 0.3) is 4.90 Å². The summed E-state index contributed by atoms with van der Waals surface area (Å²) in [6, 6.07) is -2.16. The monoisotopic (exact) mass is 484 g/mol. The van der Waals surface area contributed by atoms with Crippen LogP contribution >= 0.6 is 11.6 Å². The maximum absolute atomic E-state index is 12.9. The molecule has 172 valence electrons. The second-order valence-electron chi connectivity index (χ2n) is 7.48. The van der Waals surface area contributed by atoms with Crippen molar-refractivity contribution >= 4 is 41.1 Å². The van der Waals surface area contributed by atoms with Gasteiger partial charge in [0.05, 0.1) is 11.4 Å². The minimum Gasteiger partial charge on any atom is -0.593 e. The van der Waals surface area contributed by atoms with Gasteiger partial charge in [-0.15, -0.1) is 4.72 Å². The lowest BCUT2D eigenvalue weighted by Gasteiger charge is -2.39. The number of hydrogen-bond acceptors (Lipinski definition) is 6. The summed E-state index contributed by atoms with van der Waals surface area (Å²) in [5.41, 5.74) is -0.707. The minimum absolute atomic E-state index is 0.0201. The van der Waals surface area contributed by atoms with Crippen LogP contribution in [-0.2, 0) is 28.0 Å². The van der Waals surface area contributed by atoms with Crippen LogP contribution in [0.4, 0.5) is 13.2 Å². The third-order valence-electron chi connectivity index (χ3n) is 5.42. The van der Waals surface area contributed by atoms with Gasteiger partial charge >= 0.3 is 18.0 Å². The molecule has 3 heterocycles. The number of alkyl halides is 3. The van der Waals surface area contributed by atoms with E-state index in [1.54, 1.807) is 5.32 Å². The highest BCUT2D eigenvalue weighted by atomic mass is 35.5. The Morgan fingerprint density at radius 3 is 2.55 bits per heavy atom. The van der Waals surface area contributed by atoms with E-state index in [0.717, 1.165) is 11.8 Å². The number of hydrogen-bond donors (Lipinski definition) is 2. The average Bonchev–Trinajstić information content (AvgIpc) is 2.86. The Labute approximate surface area is 183 Å². The van der Waals surface area contributed by atoms with E-state index in [-0.39, 0.29) is 54.0 Å². The normalized spacial score (nSPS) is 21.6. The summed E-state index contributed by atoms with van der Waals surface area (Å²) in [4.78, 5) is 36.8. The van der Waals surface area contributed by atoms with Gasteiger partial charge in [0.15, 0.2) is 11.4 Å². The van der Waals surface area contributed by atoms with Crippen molar-refractivity contribution in [2.45, 2.75) is 42.4 Å². The molecule has 0 aliphatic carbocycles. The minimum atomic E-state index is -4.66. The zero-order valence-corrected chi connectivity index (χ0v) is 18.1. The fourth-order valence-corrected chi connectivity index (χ4v) is 5.18. The van der Waals surface area contributed by atoms with Crippen LogP contribution in [0.15, 0.2) is 4.90 Å². The number of amides is 2. The second-order valence-corrected chi connectivity index (χ2v) is 8.99. The standard InChI is InChI=1S/C17H20ClF3N4O5S/c1-9(17(19,20)21)22-14(27)15(28)25-5-3-16(4-6-25)8-30-11-10(7-26)24(2)13(18)12(11)31(29)23-16/h7,9,23H,3-6,8H2,1-2H3,(H,22,27). The van der Waals surface area contributed by atoms with Crippen molar-refractivity contribution in [2.24, 2.45) is 7.05 Å². The van der Waals surface area contributed by atoms with Crippen molar-refractivity contribution in [1.29, 1.82) is 0 Å². The molecule has 31 heavy (non-hydrogen) atoms. The lowest BCUT2D eigenvalue weighted by atomic mass is 9.89. The van der Waals surface area contributed by atoms with E-state index in [1.165, 1.54) is 11.6 Å². The zero-order chi connectivity index (χ0) is 23.1. The van der Waals surface area contributed by atoms with Crippen molar-refractivity contribution in [2.75, 3.05) is 19.7 Å². The molecule has 0 saturated carbocycles. The molecule has 2 unspecified atom stereocenters. The predicted molar refractivity (Wildman–Crippen MR) is 103 cm³/mol. The summed E-state index contributed by atoms with van der Waals surface area (Å²) >= 11 is 4.38. The van der Waals surface area contributed by atoms with Crippen molar-refractivity contribution in [1.82, 2.24) is 19.5 Å². The molecule has 1 spiro atoms. The van der Waals surface area contributed by atoms with Crippen LogP contribution < -0.4 is 14.8 Å². The first-order valence-corrected chi connectivity index (χ1v) is 10.7. The molecule has 0 radical (unpaired) electrons. The zero-order valence-electron chi connectivity index (χ0n) is 16.5. The Balaban J connectivity index is 1.67. The molecule has 9 nitrogen and oxygen atoms in total. The first-order chi connectivity index (χ1) is 14.4. The Bertz CT molecular complexity index is 901. The largest absolute Gasteiger partial charge is 0.593 e. The van der Waals surface area contributed by atoms with Crippen LogP contribution in [0, 0.1) is 0 Å². The van der Waals surface area contributed by atoms with E-state index in [2.05, 4.69) is 4.72 Å². The van der Waals surface area contributed by atoms with Crippen LogP contribution in [0.3, 0.4) is 0 Å². The van der Waals surface area contributed by atoms with Crippen LogP contribution in [0.5, 0.6) is 5.75 Å². The summed E-state index contributed by atoms with van der Waals surface area (Å²) < 4.78 is 60.7. The lowest BCUT2D eigenvalue weighted by molar-refractivity contribution is -0.162. The molecule has 2 amide bonds. The maximum atomic E-state index is 12.9. The molecule has 3 rings (SSSR count). The average molecular weight is 485 g/mol. The molecule has 2 N–H and O–H groups in total. The summed E-state index contributed by atoms with van der Waals surface area (Å²) in [7, 11) is 1.53. The Hall–Kier alpha value is -1.96. The van der Waals surface area contributed by atoms with E-state index in [1.807, 2.05) is 0 Å². The Morgan fingerprint density at radius 1 is 1.39 bits per heavy atom. The van der Waals surface area contributed by atoms with Gasteiger partial charge in [-0.25, -0.2) is 0 Å². The van der Waals surface area contributed by atoms with Gasteiger partial charge in [0.1, 0.15) is 23.9 Å². The molecule has 2 atom stereocenters. The molecule has 14 heteroatoms. The van der Waals surface area contributed by atoms with Crippen molar-refractivity contribution in [3.05, 3.63) is 10.8 Å². The van der Waals surface area contributed by atoms with E-state index >= 15 is 0 Å². The number of ether oxygens (including phenoxy) is 1. The maximum Gasteiger partial charge on any atom is 0.408 e. The second kappa shape index (κ2) is 8.52. The number of aromatic nitrogens is 1. The number of halogens is 4. The van der Waals surface area contributed by atoms with Gasteiger partial charge in [-0.05, 0) is 19.8 Å². The SMILES string of the molecule is CC(NC(=O)C(=O)N1CCC2(CC1)COc1c(c(Cl)n(C)c1C=O)[S+]([O-])N2)C(F)(F)F. The number of rotatable bonds is 2. The van der Waals surface area contributed by atoms with E-state index in [4.69, 9.17) is 16.3 Å². The Morgan fingerprint density at radius 2 is 2.00 bits per heavy atom. The number of aldehydes is 1. The number of carbonyl (C=O) groups is 3. The van der Waals surface area contributed by atoms with Crippen molar-refractivity contribution in [3.63, 3.8) is 0 Å². The highest BCUT2D eigenvalue weighted by Gasteiger charge is 2.47. The molecule has 1 aromatic heterocycles.